The number of ether oxygens (including phenoxy) is 2. The molecular formula is C21H23N3O5. The maximum Gasteiger partial charge on any atom is 0.410 e. The zero-order chi connectivity index (χ0) is 19.8. The third kappa shape index (κ3) is 3.72. The highest BCUT2D eigenvalue weighted by Crippen LogP contribution is 2.43. The summed E-state index contributed by atoms with van der Waals surface area (Å²) < 4.78 is 15.9. The molecule has 3 heterocycles. The monoisotopic (exact) mass is 397 g/mol. The van der Waals surface area contributed by atoms with Crippen LogP contribution in [0.2, 0.25) is 0 Å². The van der Waals surface area contributed by atoms with Crippen molar-refractivity contribution >= 4 is 12.0 Å². The van der Waals surface area contributed by atoms with Gasteiger partial charge in [0.1, 0.15) is 12.4 Å². The molecule has 3 fully saturated rings. The highest BCUT2D eigenvalue weighted by Gasteiger charge is 2.52. The van der Waals surface area contributed by atoms with Crippen LogP contribution >= 0.6 is 0 Å². The minimum Gasteiger partial charge on any atom is -0.445 e. The fourth-order valence-electron chi connectivity index (χ4n) is 4.09. The van der Waals surface area contributed by atoms with Gasteiger partial charge in [0.2, 0.25) is 0 Å². The summed E-state index contributed by atoms with van der Waals surface area (Å²) in [6.07, 6.45) is 1.30. The fourth-order valence-corrected chi connectivity index (χ4v) is 4.09. The molecule has 2 aliphatic heterocycles. The summed E-state index contributed by atoms with van der Waals surface area (Å²) in [5, 5.41) is 6.95. The fraction of sp³-hybridized carbons (Fsp3) is 0.476. The SMILES string of the molecule is O=C(N[C@H]1CCN(C(=O)OCc2ccccc2)[C@@H]2C[C@H]12)c1cc(C2COC2)on1. The molecule has 29 heavy (non-hydrogen) atoms. The van der Waals surface area contributed by atoms with Crippen molar-refractivity contribution in [1.82, 2.24) is 15.4 Å². The van der Waals surface area contributed by atoms with E-state index in [-0.39, 0.29) is 42.5 Å². The van der Waals surface area contributed by atoms with Crippen molar-refractivity contribution < 1.29 is 23.6 Å². The second-order valence-electron chi connectivity index (χ2n) is 7.92. The Morgan fingerprint density at radius 1 is 1.24 bits per heavy atom. The number of amides is 2. The van der Waals surface area contributed by atoms with E-state index in [1.165, 1.54) is 0 Å². The van der Waals surface area contributed by atoms with Crippen molar-refractivity contribution in [3.8, 4) is 0 Å². The number of fused-ring (bicyclic) bond motifs is 1. The van der Waals surface area contributed by atoms with Crippen molar-refractivity contribution in [1.29, 1.82) is 0 Å². The molecule has 0 radical (unpaired) electrons. The van der Waals surface area contributed by atoms with E-state index in [1.54, 1.807) is 11.0 Å². The van der Waals surface area contributed by atoms with Gasteiger partial charge in [0.25, 0.3) is 5.91 Å². The Balaban J connectivity index is 1.12. The van der Waals surface area contributed by atoms with Crippen LogP contribution in [0.25, 0.3) is 0 Å². The zero-order valence-corrected chi connectivity index (χ0v) is 16.0. The van der Waals surface area contributed by atoms with Crippen LogP contribution < -0.4 is 5.32 Å². The van der Waals surface area contributed by atoms with Gasteiger partial charge in [0.15, 0.2) is 5.69 Å². The third-order valence-electron chi connectivity index (χ3n) is 5.96. The molecule has 0 bridgehead atoms. The number of carbonyl (C=O) groups excluding carboxylic acids is 2. The molecule has 2 amide bonds. The van der Waals surface area contributed by atoms with Gasteiger partial charge in [0, 0.05) is 30.6 Å². The van der Waals surface area contributed by atoms with Gasteiger partial charge in [-0.25, -0.2) is 4.79 Å². The van der Waals surface area contributed by atoms with Gasteiger partial charge in [0.05, 0.1) is 19.1 Å². The molecule has 8 nitrogen and oxygen atoms in total. The maximum absolute atomic E-state index is 12.5. The molecule has 152 valence electrons. The smallest absolute Gasteiger partial charge is 0.410 e. The number of hydrogen-bond donors (Lipinski definition) is 1. The van der Waals surface area contributed by atoms with Gasteiger partial charge in [-0.05, 0) is 18.4 Å². The lowest BCUT2D eigenvalue weighted by Gasteiger charge is -2.31. The summed E-state index contributed by atoms with van der Waals surface area (Å²) in [4.78, 5) is 26.8. The second-order valence-corrected chi connectivity index (χ2v) is 7.92. The number of hydrogen-bond acceptors (Lipinski definition) is 6. The van der Waals surface area contributed by atoms with Crippen LogP contribution in [0.1, 0.15) is 40.6 Å². The Morgan fingerprint density at radius 2 is 2.07 bits per heavy atom. The minimum absolute atomic E-state index is 0.0397. The van der Waals surface area contributed by atoms with Crippen molar-refractivity contribution in [2.24, 2.45) is 5.92 Å². The lowest BCUT2D eigenvalue weighted by molar-refractivity contribution is -0.00228. The van der Waals surface area contributed by atoms with Gasteiger partial charge in [-0.1, -0.05) is 35.5 Å². The molecule has 5 rings (SSSR count). The molecule has 1 aromatic heterocycles. The van der Waals surface area contributed by atoms with Crippen molar-refractivity contribution in [2.75, 3.05) is 19.8 Å². The molecule has 0 spiro atoms. The number of rotatable bonds is 5. The Bertz CT molecular complexity index is 895. The molecule has 2 aromatic rings. The normalized spacial score (nSPS) is 25.7. The average Bonchev–Trinajstić information content (AvgIpc) is 3.36. The Hall–Kier alpha value is -2.87. The van der Waals surface area contributed by atoms with Crippen LogP contribution in [-0.4, -0.2) is 53.9 Å². The highest BCUT2D eigenvalue weighted by atomic mass is 16.6. The minimum atomic E-state index is -0.282. The first-order chi connectivity index (χ1) is 14.2. The largest absolute Gasteiger partial charge is 0.445 e. The quantitative estimate of drug-likeness (QED) is 0.832. The summed E-state index contributed by atoms with van der Waals surface area (Å²) in [6.45, 7) is 2.06. The van der Waals surface area contributed by atoms with Gasteiger partial charge in [-0.15, -0.1) is 0 Å². The summed E-state index contributed by atoms with van der Waals surface area (Å²) in [7, 11) is 0. The van der Waals surface area contributed by atoms with Gasteiger partial charge >= 0.3 is 6.09 Å². The topological polar surface area (TPSA) is 93.9 Å². The highest BCUT2D eigenvalue weighted by molar-refractivity contribution is 5.92. The van der Waals surface area contributed by atoms with Crippen LogP contribution in [-0.2, 0) is 16.1 Å². The lowest BCUT2D eigenvalue weighted by atomic mass is 10.0. The van der Waals surface area contributed by atoms with E-state index < -0.39 is 0 Å². The van der Waals surface area contributed by atoms with E-state index in [4.69, 9.17) is 14.0 Å². The van der Waals surface area contributed by atoms with Gasteiger partial charge in [-0.3, -0.25) is 4.79 Å². The third-order valence-corrected chi connectivity index (χ3v) is 5.96. The van der Waals surface area contributed by atoms with Crippen LogP contribution in [0.3, 0.4) is 0 Å². The molecular weight excluding hydrogens is 374 g/mol. The molecule has 1 saturated carbocycles. The van der Waals surface area contributed by atoms with Crippen molar-refractivity contribution in [2.45, 2.75) is 37.5 Å². The van der Waals surface area contributed by atoms with Gasteiger partial charge in [-0.2, -0.15) is 0 Å². The van der Waals surface area contributed by atoms with E-state index >= 15 is 0 Å². The van der Waals surface area contributed by atoms with E-state index in [9.17, 15) is 9.59 Å². The first kappa shape index (κ1) is 18.2. The van der Waals surface area contributed by atoms with Gasteiger partial charge < -0.3 is 24.2 Å². The summed E-state index contributed by atoms with van der Waals surface area (Å²) in [5.41, 5.74) is 1.27. The van der Waals surface area contributed by atoms with Crippen LogP contribution in [0.5, 0.6) is 0 Å². The zero-order valence-electron chi connectivity index (χ0n) is 16.0. The standard InChI is InChI=1S/C21H23N3O5/c25-20(17-9-19(29-23-17)14-11-27-12-14)22-16-6-7-24(18-8-15(16)18)21(26)28-10-13-4-2-1-3-5-13/h1-5,9,14-16,18H,6-8,10-12H2,(H,22,25)/t15-,16+,18-/m1/s1. The predicted molar refractivity (Wildman–Crippen MR) is 101 cm³/mol. The average molecular weight is 397 g/mol. The predicted octanol–water partition coefficient (Wildman–Crippen LogP) is 2.32. The van der Waals surface area contributed by atoms with Crippen molar-refractivity contribution in [3.05, 3.63) is 53.4 Å². The first-order valence-corrected chi connectivity index (χ1v) is 10.0. The van der Waals surface area contributed by atoms with E-state index in [2.05, 4.69) is 10.5 Å². The Kier molecular flexibility index (Phi) is 4.71. The Morgan fingerprint density at radius 3 is 2.83 bits per heavy atom. The lowest BCUT2D eigenvalue weighted by Crippen LogP contribution is -2.47. The molecule has 2 saturated heterocycles. The second kappa shape index (κ2) is 7.51. The molecule has 1 N–H and O–H groups in total. The van der Waals surface area contributed by atoms with E-state index in [0.29, 0.717) is 37.6 Å². The van der Waals surface area contributed by atoms with E-state index in [1.807, 2.05) is 30.3 Å². The molecule has 3 aliphatic rings. The molecule has 1 aliphatic carbocycles. The van der Waals surface area contributed by atoms with E-state index in [0.717, 1.165) is 12.0 Å². The molecule has 0 unspecified atom stereocenters. The van der Waals surface area contributed by atoms with Crippen LogP contribution in [0.15, 0.2) is 40.9 Å². The number of nitrogens with one attached hydrogen (secondary N) is 1. The first-order valence-electron chi connectivity index (χ1n) is 10.0. The summed E-state index contributed by atoms with van der Waals surface area (Å²) in [5.74, 6) is 0.933. The molecule has 1 aromatic carbocycles. The number of likely N-dealkylation sites (tertiary alicyclic amines) is 1. The molecule has 3 atom stereocenters. The van der Waals surface area contributed by atoms with Crippen molar-refractivity contribution in [3.63, 3.8) is 0 Å². The van der Waals surface area contributed by atoms with Crippen LogP contribution in [0.4, 0.5) is 4.79 Å². The number of nitrogens with zero attached hydrogens (tertiary/aromatic N) is 2. The number of benzene rings is 1. The number of aromatic nitrogens is 1. The Labute approximate surface area is 168 Å². The maximum atomic E-state index is 12.5. The summed E-state index contributed by atoms with van der Waals surface area (Å²) >= 11 is 0. The number of carbonyl (C=O) groups is 2. The molecule has 8 heteroatoms. The number of piperidine rings is 1. The summed E-state index contributed by atoms with van der Waals surface area (Å²) in [6, 6.07) is 11.5. The van der Waals surface area contributed by atoms with Crippen LogP contribution in [0, 0.1) is 5.92 Å².